The van der Waals surface area contributed by atoms with Crippen LogP contribution in [-0.2, 0) is 0 Å². The second kappa shape index (κ2) is 6.88. The average molecular weight is 247 g/mol. The Morgan fingerprint density at radius 1 is 1.11 bits per heavy atom. The molecule has 3 nitrogen and oxygen atoms in total. The maximum absolute atomic E-state index is 5.64. The molecule has 0 radical (unpaired) electrons. The minimum atomic E-state index is 0.518. The van der Waals surface area contributed by atoms with Crippen molar-refractivity contribution in [3.63, 3.8) is 0 Å². The van der Waals surface area contributed by atoms with Gasteiger partial charge in [0.15, 0.2) is 0 Å². The van der Waals surface area contributed by atoms with E-state index in [1.165, 1.54) is 25.1 Å². The van der Waals surface area contributed by atoms with E-state index in [4.69, 9.17) is 5.73 Å². The van der Waals surface area contributed by atoms with Crippen LogP contribution in [0.2, 0.25) is 0 Å². The van der Waals surface area contributed by atoms with E-state index in [0.29, 0.717) is 6.04 Å². The van der Waals surface area contributed by atoms with Crippen molar-refractivity contribution in [3.05, 3.63) is 35.9 Å². The van der Waals surface area contributed by atoms with Crippen molar-refractivity contribution in [1.82, 2.24) is 9.80 Å². The number of hydrogen-bond donors (Lipinski definition) is 1. The molecule has 0 aromatic heterocycles. The van der Waals surface area contributed by atoms with Crippen molar-refractivity contribution in [2.75, 3.05) is 39.3 Å². The number of nitrogens with zero attached hydrogens (tertiary/aromatic N) is 2. The molecule has 1 unspecified atom stereocenters. The maximum Gasteiger partial charge on any atom is 0.0320 e. The largest absolute Gasteiger partial charge is 0.329 e. The quantitative estimate of drug-likeness (QED) is 0.879. The molecule has 0 spiro atoms. The first-order chi connectivity index (χ1) is 8.81. The molecule has 1 aliphatic heterocycles. The Hall–Kier alpha value is -0.900. The second-order valence-corrected chi connectivity index (χ2v) is 5.11. The highest BCUT2D eigenvalue weighted by molar-refractivity contribution is 5.18. The van der Waals surface area contributed by atoms with Crippen LogP contribution in [0.25, 0.3) is 0 Å². The van der Waals surface area contributed by atoms with Crippen molar-refractivity contribution < 1.29 is 0 Å². The van der Waals surface area contributed by atoms with E-state index in [1.807, 2.05) is 0 Å². The summed E-state index contributed by atoms with van der Waals surface area (Å²) in [6, 6.07) is 11.3. The Balaban J connectivity index is 1.93. The van der Waals surface area contributed by atoms with Gasteiger partial charge >= 0.3 is 0 Å². The zero-order chi connectivity index (χ0) is 12.8. The minimum absolute atomic E-state index is 0.518. The Morgan fingerprint density at radius 2 is 1.89 bits per heavy atom. The molecular formula is C15H25N3. The molecule has 1 saturated heterocycles. The van der Waals surface area contributed by atoms with Crippen molar-refractivity contribution in [3.8, 4) is 0 Å². The zero-order valence-corrected chi connectivity index (χ0v) is 11.4. The summed E-state index contributed by atoms with van der Waals surface area (Å²) in [5, 5.41) is 0. The second-order valence-electron chi connectivity index (χ2n) is 5.11. The Labute approximate surface area is 111 Å². The van der Waals surface area contributed by atoms with Gasteiger partial charge in [0.2, 0.25) is 0 Å². The molecule has 0 bridgehead atoms. The lowest BCUT2D eigenvalue weighted by atomic mass is 10.1. The fourth-order valence-electron chi connectivity index (χ4n) is 2.73. The lowest BCUT2D eigenvalue weighted by Gasteiger charge is -2.28. The van der Waals surface area contributed by atoms with Gasteiger partial charge in [-0.2, -0.15) is 0 Å². The minimum Gasteiger partial charge on any atom is -0.329 e. The molecule has 0 saturated carbocycles. The summed E-state index contributed by atoms with van der Waals surface area (Å²) < 4.78 is 0. The molecule has 18 heavy (non-hydrogen) atoms. The molecule has 1 aromatic rings. The molecule has 0 amide bonds. The van der Waals surface area contributed by atoms with Gasteiger partial charge in [-0.15, -0.1) is 0 Å². The smallest absolute Gasteiger partial charge is 0.0320 e. The van der Waals surface area contributed by atoms with E-state index in [-0.39, 0.29) is 0 Å². The molecular weight excluding hydrogens is 222 g/mol. The van der Waals surface area contributed by atoms with Gasteiger partial charge in [-0.05, 0) is 25.5 Å². The van der Waals surface area contributed by atoms with Gasteiger partial charge < -0.3 is 10.6 Å². The Bertz CT molecular complexity index is 339. The first-order valence-electron chi connectivity index (χ1n) is 7.02. The van der Waals surface area contributed by atoms with Gasteiger partial charge in [-0.1, -0.05) is 30.3 Å². The topological polar surface area (TPSA) is 32.5 Å². The summed E-state index contributed by atoms with van der Waals surface area (Å²) in [6.45, 7) is 8.80. The number of rotatable bonds is 4. The molecule has 1 fully saturated rings. The van der Waals surface area contributed by atoms with Crippen molar-refractivity contribution >= 4 is 0 Å². The average Bonchev–Trinajstić information content (AvgIpc) is 2.65. The van der Waals surface area contributed by atoms with Gasteiger partial charge in [0.25, 0.3) is 0 Å². The lowest BCUT2D eigenvalue weighted by Crippen LogP contribution is -2.34. The SMILES string of the molecule is CC(c1ccccc1)N1CCCN(CCN)CC1. The molecule has 1 aromatic carbocycles. The predicted molar refractivity (Wildman–Crippen MR) is 76.5 cm³/mol. The van der Waals surface area contributed by atoms with Crippen molar-refractivity contribution in [2.45, 2.75) is 19.4 Å². The summed E-state index contributed by atoms with van der Waals surface area (Å²) >= 11 is 0. The molecule has 1 aliphatic rings. The van der Waals surface area contributed by atoms with Gasteiger partial charge in [0.05, 0.1) is 0 Å². The fraction of sp³-hybridized carbons (Fsp3) is 0.600. The molecule has 100 valence electrons. The third-order valence-corrected chi connectivity index (χ3v) is 3.90. The number of nitrogens with two attached hydrogens (primary N) is 1. The number of benzene rings is 1. The number of hydrogen-bond acceptors (Lipinski definition) is 3. The predicted octanol–water partition coefficient (Wildman–Crippen LogP) is 1.71. The zero-order valence-electron chi connectivity index (χ0n) is 11.4. The highest BCUT2D eigenvalue weighted by Gasteiger charge is 2.19. The van der Waals surface area contributed by atoms with E-state index in [9.17, 15) is 0 Å². The van der Waals surface area contributed by atoms with Crippen molar-refractivity contribution in [2.24, 2.45) is 5.73 Å². The summed E-state index contributed by atoms with van der Waals surface area (Å²) in [5.41, 5.74) is 7.06. The molecule has 2 N–H and O–H groups in total. The first-order valence-corrected chi connectivity index (χ1v) is 7.02. The maximum atomic E-state index is 5.64. The van der Waals surface area contributed by atoms with Gasteiger partial charge in [0.1, 0.15) is 0 Å². The molecule has 2 rings (SSSR count). The molecule has 1 heterocycles. The molecule has 3 heteroatoms. The summed E-state index contributed by atoms with van der Waals surface area (Å²) in [5.74, 6) is 0. The van der Waals surface area contributed by atoms with Crippen LogP contribution in [0.3, 0.4) is 0 Å². The van der Waals surface area contributed by atoms with Gasteiger partial charge in [0, 0.05) is 38.8 Å². The van der Waals surface area contributed by atoms with Gasteiger partial charge in [-0.25, -0.2) is 0 Å². The molecule has 1 atom stereocenters. The van der Waals surface area contributed by atoms with Crippen LogP contribution in [0.4, 0.5) is 0 Å². The highest BCUT2D eigenvalue weighted by atomic mass is 15.2. The summed E-state index contributed by atoms with van der Waals surface area (Å²) in [4.78, 5) is 5.07. The van der Waals surface area contributed by atoms with Gasteiger partial charge in [-0.3, -0.25) is 4.90 Å². The Kier molecular flexibility index (Phi) is 5.17. The van der Waals surface area contributed by atoms with E-state index < -0.39 is 0 Å². The van der Waals surface area contributed by atoms with Crippen LogP contribution < -0.4 is 5.73 Å². The van der Waals surface area contributed by atoms with E-state index in [0.717, 1.165) is 26.2 Å². The van der Waals surface area contributed by atoms with E-state index >= 15 is 0 Å². The monoisotopic (exact) mass is 247 g/mol. The fourth-order valence-corrected chi connectivity index (χ4v) is 2.73. The van der Waals surface area contributed by atoms with E-state index in [2.05, 4.69) is 47.1 Å². The third-order valence-electron chi connectivity index (χ3n) is 3.90. The summed E-state index contributed by atoms with van der Waals surface area (Å²) in [6.07, 6.45) is 1.25. The van der Waals surface area contributed by atoms with Crippen LogP contribution in [0.5, 0.6) is 0 Å². The van der Waals surface area contributed by atoms with Crippen molar-refractivity contribution in [1.29, 1.82) is 0 Å². The highest BCUT2D eigenvalue weighted by Crippen LogP contribution is 2.21. The first kappa shape index (κ1) is 13.5. The van der Waals surface area contributed by atoms with Crippen LogP contribution in [0.1, 0.15) is 24.9 Å². The van der Waals surface area contributed by atoms with Crippen LogP contribution in [0, 0.1) is 0 Å². The standard InChI is InChI=1S/C15H25N3/c1-14(15-6-3-2-4-7-15)18-10-5-9-17(11-8-16)12-13-18/h2-4,6-7,14H,5,8-13,16H2,1H3. The van der Waals surface area contributed by atoms with Crippen LogP contribution in [-0.4, -0.2) is 49.1 Å². The van der Waals surface area contributed by atoms with Crippen LogP contribution in [0.15, 0.2) is 30.3 Å². The van der Waals surface area contributed by atoms with Crippen LogP contribution >= 0.6 is 0 Å². The van der Waals surface area contributed by atoms with E-state index in [1.54, 1.807) is 0 Å². The third kappa shape index (κ3) is 3.55. The molecule has 0 aliphatic carbocycles. The summed E-state index contributed by atoms with van der Waals surface area (Å²) in [7, 11) is 0. The Morgan fingerprint density at radius 3 is 2.61 bits per heavy atom. The lowest BCUT2D eigenvalue weighted by molar-refractivity contribution is 0.211. The normalized spacial score (nSPS) is 20.6.